The molecule has 0 aliphatic carbocycles. The molecule has 37 heavy (non-hydrogen) atoms. The fourth-order valence-electron chi connectivity index (χ4n) is 4.72. The van der Waals surface area contributed by atoms with E-state index in [2.05, 4.69) is 0 Å². The van der Waals surface area contributed by atoms with E-state index >= 15 is 0 Å². The van der Waals surface area contributed by atoms with Crippen LogP contribution < -0.4 is 15.1 Å². The summed E-state index contributed by atoms with van der Waals surface area (Å²) in [6.07, 6.45) is 0. The average molecular weight is 492 g/mol. The molecule has 6 rings (SSSR count). The molecule has 6 heteroatoms. The van der Waals surface area contributed by atoms with Gasteiger partial charge in [-0.15, -0.1) is 0 Å². The van der Waals surface area contributed by atoms with Gasteiger partial charge in [0.05, 0.1) is 17.0 Å². The maximum absolute atomic E-state index is 14.0. The highest BCUT2D eigenvalue weighted by Crippen LogP contribution is 2.41. The molecule has 2 heterocycles. The number of rotatable bonds is 5. The van der Waals surface area contributed by atoms with Crippen LogP contribution in [-0.4, -0.2) is 5.91 Å². The predicted molar refractivity (Wildman–Crippen MR) is 139 cm³/mol. The van der Waals surface area contributed by atoms with Gasteiger partial charge in [0.25, 0.3) is 5.91 Å². The van der Waals surface area contributed by atoms with Gasteiger partial charge >= 0.3 is 0 Å². The SMILES string of the molecule is Cc1ccc(N2C(=O)c3oc4ccc(F)cc4c(=O)c3C2c2ccc(OCc3ccccc3)cc2)cc1. The molecule has 182 valence electrons. The summed E-state index contributed by atoms with van der Waals surface area (Å²) in [5.41, 5.74) is 3.38. The zero-order valence-electron chi connectivity index (χ0n) is 20.0. The van der Waals surface area contributed by atoms with Crippen molar-refractivity contribution < 1.29 is 18.3 Å². The molecular weight excluding hydrogens is 469 g/mol. The summed E-state index contributed by atoms with van der Waals surface area (Å²) in [6.45, 7) is 2.38. The molecule has 1 unspecified atom stereocenters. The van der Waals surface area contributed by atoms with Gasteiger partial charge in [-0.1, -0.05) is 60.2 Å². The van der Waals surface area contributed by atoms with E-state index in [4.69, 9.17) is 9.15 Å². The second-order valence-corrected chi connectivity index (χ2v) is 9.07. The van der Waals surface area contributed by atoms with E-state index in [1.54, 1.807) is 4.90 Å². The second-order valence-electron chi connectivity index (χ2n) is 9.07. The molecule has 0 saturated carbocycles. The number of hydrogen-bond donors (Lipinski definition) is 0. The van der Waals surface area contributed by atoms with E-state index in [9.17, 15) is 14.0 Å². The number of hydrogen-bond acceptors (Lipinski definition) is 4. The normalized spacial score (nSPS) is 14.7. The molecule has 0 saturated heterocycles. The van der Waals surface area contributed by atoms with Crippen LogP contribution in [0.25, 0.3) is 11.0 Å². The second kappa shape index (κ2) is 9.06. The van der Waals surface area contributed by atoms with Gasteiger partial charge in [-0.3, -0.25) is 14.5 Å². The highest BCUT2D eigenvalue weighted by molar-refractivity contribution is 6.10. The van der Waals surface area contributed by atoms with Crippen LogP contribution in [0.4, 0.5) is 10.1 Å². The molecule has 0 bridgehead atoms. The third kappa shape index (κ3) is 4.06. The molecule has 4 aromatic carbocycles. The Morgan fingerprint density at radius 2 is 1.62 bits per heavy atom. The molecule has 0 radical (unpaired) electrons. The van der Waals surface area contributed by atoms with Crippen molar-refractivity contribution in [1.29, 1.82) is 0 Å². The first-order valence-electron chi connectivity index (χ1n) is 11.9. The Morgan fingerprint density at radius 3 is 2.35 bits per heavy atom. The summed E-state index contributed by atoms with van der Waals surface area (Å²) >= 11 is 0. The number of anilines is 1. The van der Waals surface area contributed by atoms with Gasteiger partial charge in [-0.05, 0) is 60.5 Å². The molecular formula is C31H22FNO4. The van der Waals surface area contributed by atoms with Crippen molar-refractivity contribution in [2.24, 2.45) is 0 Å². The Morgan fingerprint density at radius 1 is 0.892 bits per heavy atom. The van der Waals surface area contributed by atoms with Crippen molar-refractivity contribution in [2.75, 3.05) is 4.90 Å². The van der Waals surface area contributed by atoms with E-state index in [0.29, 0.717) is 23.6 Å². The molecule has 1 amide bonds. The summed E-state index contributed by atoms with van der Waals surface area (Å²) in [5.74, 6) is -0.335. The molecule has 1 aliphatic heterocycles. The first-order valence-corrected chi connectivity index (χ1v) is 11.9. The fraction of sp³-hybridized carbons (Fsp3) is 0.0968. The van der Waals surface area contributed by atoms with Crippen molar-refractivity contribution in [1.82, 2.24) is 0 Å². The number of carbonyl (C=O) groups is 1. The van der Waals surface area contributed by atoms with Crippen molar-refractivity contribution in [3.05, 3.63) is 141 Å². The number of amides is 1. The summed E-state index contributed by atoms with van der Waals surface area (Å²) < 4.78 is 25.8. The summed E-state index contributed by atoms with van der Waals surface area (Å²) in [6, 6.07) is 27.6. The fourth-order valence-corrected chi connectivity index (χ4v) is 4.72. The van der Waals surface area contributed by atoms with Crippen molar-refractivity contribution in [2.45, 2.75) is 19.6 Å². The zero-order valence-corrected chi connectivity index (χ0v) is 20.0. The molecule has 1 aliphatic rings. The van der Waals surface area contributed by atoms with Crippen LogP contribution in [0.2, 0.25) is 0 Å². The Kier molecular flexibility index (Phi) is 5.57. The number of aryl methyl sites for hydroxylation is 1. The van der Waals surface area contributed by atoms with E-state index in [-0.39, 0.29) is 22.3 Å². The van der Waals surface area contributed by atoms with Crippen LogP contribution in [0.5, 0.6) is 5.75 Å². The molecule has 5 nitrogen and oxygen atoms in total. The summed E-state index contributed by atoms with van der Waals surface area (Å²) in [7, 11) is 0. The smallest absolute Gasteiger partial charge is 0.295 e. The largest absolute Gasteiger partial charge is 0.489 e. The third-order valence-electron chi connectivity index (χ3n) is 6.59. The van der Waals surface area contributed by atoms with Gasteiger partial charge in [0.15, 0.2) is 5.43 Å². The van der Waals surface area contributed by atoms with E-state index in [1.807, 2.05) is 85.8 Å². The minimum absolute atomic E-state index is 0.0286. The first kappa shape index (κ1) is 22.7. The third-order valence-corrected chi connectivity index (χ3v) is 6.59. The predicted octanol–water partition coefficient (Wildman–Crippen LogP) is 6.57. The lowest BCUT2D eigenvalue weighted by Crippen LogP contribution is -2.29. The number of halogens is 1. The Hall–Kier alpha value is -4.71. The average Bonchev–Trinajstić information content (AvgIpc) is 3.21. The highest BCUT2D eigenvalue weighted by Gasteiger charge is 2.43. The molecule has 0 spiro atoms. The van der Waals surface area contributed by atoms with Crippen LogP contribution >= 0.6 is 0 Å². The van der Waals surface area contributed by atoms with Gasteiger partial charge in [0.2, 0.25) is 5.76 Å². The lowest BCUT2D eigenvalue weighted by atomic mass is 9.98. The summed E-state index contributed by atoms with van der Waals surface area (Å²) in [4.78, 5) is 28.8. The Balaban J connectivity index is 1.44. The minimum atomic E-state index is -0.739. The van der Waals surface area contributed by atoms with Crippen LogP contribution in [0.15, 0.2) is 106 Å². The molecule has 1 aromatic heterocycles. The van der Waals surface area contributed by atoms with Crippen LogP contribution in [0.1, 0.15) is 38.9 Å². The number of nitrogens with zero attached hydrogens (tertiary/aromatic N) is 1. The van der Waals surface area contributed by atoms with Gasteiger partial charge in [0.1, 0.15) is 23.8 Å². The van der Waals surface area contributed by atoms with Gasteiger partial charge in [0, 0.05) is 5.69 Å². The number of fused-ring (bicyclic) bond motifs is 2. The Labute approximate surface area is 212 Å². The number of benzene rings is 4. The maximum Gasteiger partial charge on any atom is 0.295 e. The van der Waals surface area contributed by atoms with Crippen LogP contribution in [0.3, 0.4) is 0 Å². The molecule has 1 atom stereocenters. The molecule has 5 aromatic rings. The van der Waals surface area contributed by atoms with Gasteiger partial charge < -0.3 is 9.15 Å². The van der Waals surface area contributed by atoms with Gasteiger partial charge in [-0.2, -0.15) is 0 Å². The number of ether oxygens (including phenoxy) is 1. The van der Waals surface area contributed by atoms with E-state index < -0.39 is 23.2 Å². The Bertz CT molecular complexity index is 1680. The topological polar surface area (TPSA) is 59.8 Å². The number of carbonyl (C=O) groups excluding carboxylic acids is 1. The minimum Gasteiger partial charge on any atom is -0.489 e. The zero-order chi connectivity index (χ0) is 25.5. The first-order chi connectivity index (χ1) is 18.0. The van der Waals surface area contributed by atoms with Crippen LogP contribution in [-0.2, 0) is 6.61 Å². The van der Waals surface area contributed by atoms with Crippen molar-refractivity contribution in [3.8, 4) is 5.75 Å². The lowest BCUT2D eigenvalue weighted by molar-refractivity contribution is 0.0971. The van der Waals surface area contributed by atoms with E-state index in [1.165, 1.54) is 12.1 Å². The van der Waals surface area contributed by atoms with Gasteiger partial charge in [-0.25, -0.2) is 4.39 Å². The highest BCUT2D eigenvalue weighted by atomic mass is 19.1. The maximum atomic E-state index is 14.0. The monoisotopic (exact) mass is 491 g/mol. The lowest BCUT2D eigenvalue weighted by Gasteiger charge is -2.25. The van der Waals surface area contributed by atoms with Crippen molar-refractivity contribution >= 4 is 22.6 Å². The molecule has 0 N–H and O–H groups in total. The van der Waals surface area contributed by atoms with Crippen LogP contribution in [0, 0.1) is 12.7 Å². The summed E-state index contributed by atoms with van der Waals surface area (Å²) in [5, 5.41) is 0.102. The van der Waals surface area contributed by atoms with Crippen molar-refractivity contribution in [3.63, 3.8) is 0 Å². The molecule has 0 fully saturated rings. The standard InChI is InChI=1S/C31H22FNO4/c1-19-7-12-23(13-8-19)33-28(21-9-14-24(15-10-21)36-18-20-5-3-2-4-6-20)27-29(34)25-17-22(32)11-16-26(25)37-30(27)31(33)35/h2-17,28H,18H2,1H3. The quantitative estimate of drug-likeness (QED) is 0.279. The van der Waals surface area contributed by atoms with E-state index in [0.717, 1.165) is 17.2 Å².